The van der Waals surface area contributed by atoms with Crippen LogP contribution >= 0.6 is 0 Å². The van der Waals surface area contributed by atoms with Crippen molar-refractivity contribution in [3.63, 3.8) is 0 Å². The molecule has 0 unspecified atom stereocenters. The van der Waals surface area contributed by atoms with E-state index in [4.69, 9.17) is 0 Å². The lowest BCUT2D eigenvalue weighted by atomic mass is 9.94. The molecule has 0 N–H and O–H groups in total. The highest BCUT2D eigenvalue weighted by atomic mass is 16.2. The average molecular weight is 371 g/mol. The maximum Gasteiger partial charge on any atom is 0.294 e. The van der Waals surface area contributed by atoms with Crippen molar-refractivity contribution in [1.82, 2.24) is 19.4 Å². The fraction of sp³-hybridized carbons (Fsp3) is 0.600. The van der Waals surface area contributed by atoms with Gasteiger partial charge in [-0.15, -0.1) is 0 Å². The zero-order valence-corrected chi connectivity index (χ0v) is 16.9. The van der Waals surface area contributed by atoms with Crippen LogP contribution in [0.2, 0.25) is 0 Å². The number of anilines is 1. The van der Waals surface area contributed by atoms with E-state index in [1.165, 1.54) is 0 Å². The highest BCUT2D eigenvalue weighted by molar-refractivity contribution is 5.82. The van der Waals surface area contributed by atoms with Crippen molar-refractivity contribution in [2.24, 2.45) is 11.3 Å². The van der Waals surface area contributed by atoms with Crippen LogP contribution in [0.3, 0.4) is 0 Å². The normalized spacial score (nSPS) is 15.6. The number of fused-ring (bicyclic) bond motifs is 1. The molecule has 1 aliphatic heterocycles. The third-order valence-corrected chi connectivity index (χ3v) is 4.79. The number of pyridine rings is 1. The van der Waals surface area contributed by atoms with E-state index in [1.807, 2.05) is 36.6 Å². The lowest BCUT2D eigenvalue weighted by Crippen LogP contribution is -2.53. The molecule has 0 saturated carbocycles. The second-order valence-corrected chi connectivity index (χ2v) is 8.64. The van der Waals surface area contributed by atoms with E-state index in [2.05, 4.69) is 23.8 Å². The van der Waals surface area contributed by atoms with Gasteiger partial charge in [-0.1, -0.05) is 34.6 Å². The van der Waals surface area contributed by atoms with Crippen molar-refractivity contribution in [1.29, 1.82) is 0 Å². The Morgan fingerprint density at radius 1 is 1.19 bits per heavy atom. The van der Waals surface area contributed by atoms with Crippen molar-refractivity contribution >= 4 is 22.8 Å². The molecule has 3 rings (SSSR count). The summed E-state index contributed by atoms with van der Waals surface area (Å²) >= 11 is 0. The molecular formula is C20H29N5O2. The number of rotatable bonds is 3. The zero-order valence-electron chi connectivity index (χ0n) is 16.9. The molecule has 1 fully saturated rings. The van der Waals surface area contributed by atoms with Gasteiger partial charge in [-0.3, -0.25) is 14.6 Å². The molecule has 0 atom stereocenters. The molecule has 1 saturated heterocycles. The van der Waals surface area contributed by atoms with E-state index in [0.717, 1.165) is 11.0 Å². The van der Waals surface area contributed by atoms with Gasteiger partial charge in [0.1, 0.15) is 0 Å². The van der Waals surface area contributed by atoms with Gasteiger partial charge in [0, 0.05) is 44.3 Å². The van der Waals surface area contributed by atoms with Crippen LogP contribution in [-0.4, -0.2) is 51.5 Å². The van der Waals surface area contributed by atoms with E-state index < -0.39 is 0 Å². The van der Waals surface area contributed by atoms with Gasteiger partial charge >= 0.3 is 0 Å². The van der Waals surface area contributed by atoms with Crippen molar-refractivity contribution in [2.45, 2.75) is 41.2 Å². The quantitative estimate of drug-likeness (QED) is 0.827. The van der Waals surface area contributed by atoms with Gasteiger partial charge in [0.15, 0.2) is 5.82 Å². The Balaban J connectivity index is 1.91. The third-order valence-electron chi connectivity index (χ3n) is 4.79. The fourth-order valence-corrected chi connectivity index (χ4v) is 3.42. The van der Waals surface area contributed by atoms with Gasteiger partial charge in [0.2, 0.25) is 5.91 Å². The fourth-order valence-electron chi connectivity index (χ4n) is 3.42. The highest BCUT2D eigenvalue weighted by Gasteiger charge is 2.30. The number of hydrogen-bond donors (Lipinski definition) is 0. The van der Waals surface area contributed by atoms with Gasteiger partial charge in [0.25, 0.3) is 5.56 Å². The van der Waals surface area contributed by atoms with Crippen LogP contribution < -0.4 is 10.5 Å². The minimum absolute atomic E-state index is 0.0835. The molecule has 146 valence electrons. The lowest BCUT2D eigenvalue weighted by molar-refractivity contribution is -0.139. The topological polar surface area (TPSA) is 71.3 Å². The van der Waals surface area contributed by atoms with Gasteiger partial charge in [-0.05, 0) is 12.0 Å². The molecule has 0 bridgehead atoms. The van der Waals surface area contributed by atoms with Crippen LogP contribution in [0.1, 0.15) is 34.6 Å². The van der Waals surface area contributed by atoms with Crippen LogP contribution in [0, 0.1) is 11.3 Å². The number of carbonyl (C=O) groups excluding carboxylic acids is 1. The molecular weight excluding hydrogens is 342 g/mol. The van der Waals surface area contributed by atoms with Crippen molar-refractivity contribution < 1.29 is 4.79 Å². The van der Waals surface area contributed by atoms with E-state index in [0.29, 0.717) is 44.5 Å². The average Bonchev–Trinajstić information content (AvgIpc) is 2.62. The number of nitrogens with zero attached hydrogens (tertiary/aromatic N) is 5. The Kier molecular flexibility index (Phi) is 5.22. The largest absolute Gasteiger partial charge is 0.348 e. The van der Waals surface area contributed by atoms with E-state index in [-0.39, 0.29) is 16.9 Å². The first-order valence-corrected chi connectivity index (χ1v) is 9.57. The summed E-state index contributed by atoms with van der Waals surface area (Å²) in [4.78, 5) is 38.3. The summed E-state index contributed by atoms with van der Waals surface area (Å²) in [5.74, 6) is 0.955. The predicted molar refractivity (Wildman–Crippen MR) is 107 cm³/mol. The maximum atomic E-state index is 13.1. The molecule has 3 heterocycles. The molecule has 0 spiro atoms. The van der Waals surface area contributed by atoms with Crippen molar-refractivity contribution in [2.75, 3.05) is 31.1 Å². The smallest absolute Gasteiger partial charge is 0.294 e. The first-order valence-electron chi connectivity index (χ1n) is 9.57. The van der Waals surface area contributed by atoms with Crippen LogP contribution in [0.25, 0.3) is 11.0 Å². The Morgan fingerprint density at radius 2 is 1.85 bits per heavy atom. The number of amides is 1. The summed E-state index contributed by atoms with van der Waals surface area (Å²) in [7, 11) is 0. The molecule has 27 heavy (non-hydrogen) atoms. The monoisotopic (exact) mass is 371 g/mol. The molecule has 1 aliphatic rings. The van der Waals surface area contributed by atoms with Crippen LogP contribution in [-0.2, 0) is 11.3 Å². The Bertz CT molecular complexity index is 889. The van der Waals surface area contributed by atoms with Gasteiger partial charge in [0.05, 0.1) is 17.2 Å². The molecule has 0 aromatic carbocycles. The summed E-state index contributed by atoms with van der Waals surface area (Å²) in [6.07, 6.45) is 3.40. The highest BCUT2D eigenvalue weighted by Crippen LogP contribution is 2.20. The summed E-state index contributed by atoms with van der Waals surface area (Å²) in [6.45, 7) is 13.0. The van der Waals surface area contributed by atoms with Gasteiger partial charge in [-0.2, -0.15) is 0 Å². The third kappa shape index (κ3) is 3.96. The minimum atomic E-state index is -0.389. The van der Waals surface area contributed by atoms with Crippen LogP contribution in [0.4, 0.5) is 5.82 Å². The molecule has 1 amide bonds. The molecule has 0 aliphatic carbocycles. The SMILES string of the molecule is CC(C)Cn1c(=O)c(N2CCN(C(=O)C(C)(C)C)CC2)nc2ccncc21. The zero-order chi connectivity index (χ0) is 19.8. The summed E-state index contributed by atoms with van der Waals surface area (Å²) in [6, 6.07) is 1.84. The summed E-state index contributed by atoms with van der Waals surface area (Å²) < 4.78 is 1.78. The molecule has 2 aromatic rings. The molecule has 0 radical (unpaired) electrons. The van der Waals surface area contributed by atoms with E-state index in [1.54, 1.807) is 17.0 Å². The first kappa shape index (κ1) is 19.3. The standard InChI is InChI=1S/C20H29N5O2/c1-14(2)13-25-16-12-21-7-6-15(16)22-17(18(25)26)23-8-10-24(11-9-23)19(27)20(3,4)5/h6-7,12,14H,8-11,13H2,1-5H3. The summed E-state index contributed by atoms with van der Waals surface area (Å²) in [5, 5.41) is 0. The van der Waals surface area contributed by atoms with Crippen LogP contribution in [0.15, 0.2) is 23.3 Å². The second-order valence-electron chi connectivity index (χ2n) is 8.64. The molecule has 7 heteroatoms. The lowest BCUT2D eigenvalue weighted by Gasteiger charge is -2.38. The molecule has 7 nitrogen and oxygen atoms in total. The Morgan fingerprint density at radius 3 is 2.44 bits per heavy atom. The minimum Gasteiger partial charge on any atom is -0.348 e. The van der Waals surface area contributed by atoms with Gasteiger partial charge < -0.3 is 14.4 Å². The molecule has 2 aromatic heterocycles. The predicted octanol–water partition coefficient (Wildman–Crippen LogP) is 2.14. The number of hydrogen-bond acceptors (Lipinski definition) is 5. The van der Waals surface area contributed by atoms with E-state index in [9.17, 15) is 9.59 Å². The van der Waals surface area contributed by atoms with Gasteiger partial charge in [-0.25, -0.2) is 4.98 Å². The van der Waals surface area contributed by atoms with Crippen molar-refractivity contribution in [3.8, 4) is 0 Å². The number of carbonyl (C=O) groups is 1. The second kappa shape index (κ2) is 7.29. The maximum absolute atomic E-state index is 13.1. The number of aromatic nitrogens is 3. The van der Waals surface area contributed by atoms with E-state index >= 15 is 0 Å². The Hall–Kier alpha value is -2.44. The first-order chi connectivity index (χ1) is 12.7. The van der Waals surface area contributed by atoms with Crippen LogP contribution in [0.5, 0.6) is 0 Å². The number of piperazine rings is 1. The summed E-state index contributed by atoms with van der Waals surface area (Å²) in [5.41, 5.74) is 1.06. The van der Waals surface area contributed by atoms with Crippen molar-refractivity contribution in [3.05, 3.63) is 28.8 Å². The Labute approximate surface area is 160 Å².